The Balaban J connectivity index is 1.65. The second-order valence-corrected chi connectivity index (χ2v) is 6.17. The van der Waals surface area contributed by atoms with E-state index in [4.69, 9.17) is 4.74 Å². The summed E-state index contributed by atoms with van der Waals surface area (Å²) in [6.45, 7) is 4.88. The van der Waals surface area contributed by atoms with Gasteiger partial charge in [0, 0.05) is 6.04 Å². The van der Waals surface area contributed by atoms with E-state index in [0.29, 0.717) is 6.04 Å². The lowest BCUT2D eigenvalue weighted by Crippen LogP contribution is -2.42. The van der Waals surface area contributed by atoms with Gasteiger partial charge >= 0.3 is 0 Å². The summed E-state index contributed by atoms with van der Waals surface area (Å²) in [7, 11) is 0. The first-order chi connectivity index (χ1) is 10.1. The standard InChI is InChI=1S/C18H26N2O/c1-3-15-7-6-8-17(13-15)21-12-5-4-11-18(2,14-19)20-16-9-10-16/h6-8,13,16,20H,3-5,9-12H2,1-2H3. The smallest absolute Gasteiger partial charge is 0.119 e. The lowest BCUT2D eigenvalue weighted by atomic mass is 9.96. The third-order valence-corrected chi connectivity index (χ3v) is 3.99. The van der Waals surface area contributed by atoms with Crippen molar-refractivity contribution >= 4 is 0 Å². The molecule has 3 nitrogen and oxygen atoms in total. The topological polar surface area (TPSA) is 45.0 Å². The molecule has 0 saturated heterocycles. The Morgan fingerprint density at radius 1 is 1.38 bits per heavy atom. The number of ether oxygens (including phenoxy) is 1. The van der Waals surface area contributed by atoms with Crippen molar-refractivity contribution in [3.63, 3.8) is 0 Å². The molecule has 0 aromatic heterocycles. The maximum absolute atomic E-state index is 9.31. The third-order valence-electron chi connectivity index (χ3n) is 3.99. The van der Waals surface area contributed by atoms with Crippen molar-refractivity contribution < 1.29 is 4.74 Å². The summed E-state index contributed by atoms with van der Waals surface area (Å²) in [5, 5.41) is 12.7. The highest BCUT2D eigenvalue weighted by atomic mass is 16.5. The van der Waals surface area contributed by atoms with E-state index >= 15 is 0 Å². The lowest BCUT2D eigenvalue weighted by Gasteiger charge is -2.23. The molecule has 1 aromatic rings. The minimum Gasteiger partial charge on any atom is -0.494 e. The highest BCUT2D eigenvalue weighted by molar-refractivity contribution is 5.28. The van der Waals surface area contributed by atoms with Crippen molar-refractivity contribution in [1.82, 2.24) is 5.32 Å². The Hall–Kier alpha value is -1.53. The van der Waals surface area contributed by atoms with Crippen molar-refractivity contribution in [2.45, 2.75) is 64.0 Å². The second kappa shape index (κ2) is 7.47. The first-order valence-corrected chi connectivity index (χ1v) is 8.06. The Labute approximate surface area is 128 Å². The fraction of sp³-hybridized carbons (Fsp3) is 0.611. The van der Waals surface area contributed by atoms with Crippen LogP contribution in [0.3, 0.4) is 0 Å². The van der Waals surface area contributed by atoms with Crippen LogP contribution in [0.15, 0.2) is 24.3 Å². The van der Waals surface area contributed by atoms with Crippen LogP contribution in [0.2, 0.25) is 0 Å². The molecule has 21 heavy (non-hydrogen) atoms. The Kier molecular flexibility index (Phi) is 5.64. The van der Waals surface area contributed by atoms with E-state index in [1.807, 2.05) is 19.1 Å². The SMILES string of the molecule is CCc1cccc(OCCCCC(C)(C#N)NC2CC2)c1. The average molecular weight is 286 g/mol. The van der Waals surface area contributed by atoms with Gasteiger partial charge in [0.25, 0.3) is 0 Å². The fourth-order valence-electron chi connectivity index (χ4n) is 2.46. The maximum Gasteiger partial charge on any atom is 0.119 e. The highest BCUT2D eigenvalue weighted by Gasteiger charge is 2.31. The molecule has 0 spiro atoms. The summed E-state index contributed by atoms with van der Waals surface area (Å²) in [6.07, 6.45) is 6.35. The van der Waals surface area contributed by atoms with Crippen LogP contribution < -0.4 is 10.1 Å². The molecule has 0 radical (unpaired) electrons. The van der Waals surface area contributed by atoms with Crippen molar-refractivity contribution in [3.05, 3.63) is 29.8 Å². The number of rotatable bonds is 9. The number of unbranched alkanes of at least 4 members (excludes halogenated alkanes) is 1. The monoisotopic (exact) mass is 286 g/mol. The molecule has 0 aliphatic heterocycles. The van der Waals surface area contributed by atoms with Crippen molar-refractivity contribution in [2.75, 3.05) is 6.61 Å². The van der Waals surface area contributed by atoms with Crippen LogP contribution in [-0.2, 0) is 6.42 Å². The van der Waals surface area contributed by atoms with E-state index in [9.17, 15) is 5.26 Å². The third kappa shape index (κ3) is 5.40. The van der Waals surface area contributed by atoms with Gasteiger partial charge in [0.15, 0.2) is 0 Å². The summed E-state index contributed by atoms with van der Waals surface area (Å²) in [5.74, 6) is 0.952. The van der Waals surface area contributed by atoms with Gasteiger partial charge in [-0.05, 0) is 63.1 Å². The quantitative estimate of drug-likeness (QED) is 0.702. The van der Waals surface area contributed by atoms with E-state index in [1.54, 1.807) is 0 Å². The van der Waals surface area contributed by atoms with Crippen LogP contribution >= 0.6 is 0 Å². The molecule has 0 bridgehead atoms. The molecular weight excluding hydrogens is 260 g/mol. The molecular formula is C18H26N2O. The van der Waals surface area contributed by atoms with Gasteiger partial charge < -0.3 is 4.74 Å². The minimum absolute atomic E-state index is 0.372. The fourth-order valence-corrected chi connectivity index (χ4v) is 2.46. The largest absolute Gasteiger partial charge is 0.494 e. The zero-order valence-corrected chi connectivity index (χ0v) is 13.2. The van der Waals surface area contributed by atoms with E-state index < -0.39 is 0 Å². The van der Waals surface area contributed by atoms with Crippen molar-refractivity contribution in [3.8, 4) is 11.8 Å². The van der Waals surface area contributed by atoms with Gasteiger partial charge in [0.1, 0.15) is 11.3 Å². The number of aryl methyl sites for hydroxylation is 1. The van der Waals surface area contributed by atoms with Crippen LogP contribution in [0, 0.1) is 11.3 Å². The second-order valence-electron chi connectivity index (χ2n) is 6.17. The number of nitrogens with one attached hydrogen (secondary N) is 1. The molecule has 0 heterocycles. The highest BCUT2D eigenvalue weighted by Crippen LogP contribution is 2.24. The molecule has 1 aliphatic carbocycles. The number of hydrogen-bond acceptors (Lipinski definition) is 3. The normalized spacial score (nSPS) is 17.0. The lowest BCUT2D eigenvalue weighted by molar-refractivity contribution is 0.294. The van der Waals surface area contributed by atoms with Crippen molar-refractivity contribution in [2.24, 2.45) is 0 Å². The molecule has 2 rings (SSSR count). The van der Waals surface area contributed by atoms with E-state index in [1.165, 1.54) is 18.4 Å². The summed E-state index contributed by atoms with van der Waals surface area (Å²) >= 11 is 0. The summed E-state index contributed by atoms with van der Waals surface area (Å²) in [6, 6.07) is 11.3. The zero-order valence-electron chi connectivity index (χ0n) is 13.2. The Morgan fingerprint density at radius 2 is 2.19 bits per heavy atom. The van der Waals surface area contributed by atoms with Gasteiger partial charge in [-0.3, -0.25) is 5.32 Å². The van der Waals surface area contributed by atoms with Gasteiger partial charge in [-0.25, -0.2) is 0 Å². The number of hydrogen-bond donors (Lipinski definition) is 1. The van der Waals surface area contributed by atoms with E-state index in [-0.39, 0.29) is 5.54 Å². The molecule has 1 aliphatic rings. The molecule has 114 valence electrons. The number of benzene rings is 1. The molecule has 1 N–H and O–H groups in total. The Bertz CT molecular complexity index is 490. The molecule has 1 atom stereocenters. The first kappa shape index (κ1) is 15.9. The molecule has 1 aromatic carbocycles. The summed E-state index contributed by atoms with van der Waals surface area (Å²) in [5.41, 5.74) is 0.932. The Morgan fingerprint density at radius 3 is 2.86 bits per heavy atom. The first-order valence-electron chi connectivity index (χ1n) is 8.06. The van der Waals surface area contributed by atoms with Gasteiger partial charge in [-0.1, -0.05) is 19.1 Å². The van der Waals surface area contributed by atoms with E-state index in [2.05, 4.69) is 30.4 Å². The predicted molar refractivity (Wildman–Crippen MR) is 85.3 cm³/mol. The molecule has 0 amide bonds. The van der Waals surface area contributed by atoms with Crippen molar-refractivity contribution in [1.29, 1.82) is 5.26 Å². The van der Waals surface area contributed by atoms with Gasteiger partial charge in [0.2, 0.25) is 0 Å². The van der Waals surface area contributed by atoms with Crippen LogP contribution in [0.25, 0.3) is 0 Å². The van der Waals surface area contributed by atoms with Crippen LogP contribution in [0.1, 0.15) is 51.5 Å². The predicted octanol–water partition coefficient (Wildman–Crippen LogP) is 3.83. The maximum atomic E-state index is 9.31. The molecule has 1 saturated carbocycles. The van der Waals surface area contributed by atoms with Crippen LogP contribution in [0.4, 0.5) is 0 Å². The molecule has 1 fully saturated rings. The van der Waals surface area contributed by atoms with Gasteiger partial charge in [0.05, 0.1) is 12.7 Å². The molecule has 1 unspecified atom stereocenters. The number of nitrogens with zero attached hydrogens (tertiary/aromatic N) is 1. The van der Waals surface area contributed by atoms with Crippen LogP contribution in [-0.4, -0.2) is 18.2 Å². The van der Waals surface area contributed by atoms with Gasteiger partial charge in [-0.15, -0.1) is 0 Å². The average Bonchev–Trinajstić information content (AvgIpc) is 3.31. The summed E-state index contributed by atoms with van der Waals surface area (Å²) in [4.78, 5) is 0. The molecule has 3 heteroatoms. The number of nitriles is 1. The minimum atomic E-state index is -0.372. The zero-order chi connectivity index (χ0) is 15.1. The summed E-state index contributed by atoms with van der Waals surface area (Å²) < 4.78 is 5.79. The van der Waals surface area contributed by atoms with Crippen LogP contribution in [0.5, 0.6) is 5.75 Å². The van der Waals surface area contributed by atoms with E-state index in [0.717, 1.165) is 38.0 Å². The van der Waals surface area contributed by atoms with Gasteiger partial charge in [-0.2, -0.15) is 5.26 Å².